The van der Waals surface area contributed by atoms with Gasteiger partial charge >= 0.3 is 0 Å². The highest BCUT2D eigenvalue weighted by Crippen LogP contribution is 2.44. The van der Waals surface area contributed by atoms with Crippen molar-refractivity contribution >= 4 is 80.4 Å². The molecule has 0 amide bonds. The summed E-state index contributed by atoms with van der Waals surface area (Å²) in [5.74, 6) is 0. The maximum absolute atomic E-state index is 6.05. The van der Waals surface area contributed by atoms with Crippen molar-refractivity contribution in [3.8, 4) is 0 Å². The van der Waals surface area contributed by atoms with E-state index in [1.54, 1.807) is 12.1 Å². The van der Waals surface area contributed by atoms with Gasteiger partial charge in [-0.2, -0.15) is 0 Å². The second-order valence-electron chi connectivity index (χ2n) is 3.07. The highest BCUT2D eigenvalue weighted by molar-refractivity contribution is 6.56. The SMILES string of the molecule is Clc1[13cH][13c]2[13c](Cl)[13c](Cl)[13c](Cl)[13c](Cl)[13c]2[13cH]c1Cl. The van der Waals surface area contributed by atoms with Crippen molar-refractivity contribution in [1.82, 2.24) is 0 Å². The fourth-order valence-corrected chi connectivity index (χ4v) is 2.66. The Morgan fingerprint density at radius 1 is 0.500 bits per heavy atom. The number of hydrogen-bond donors (Lipinski definition) is 0. The molecule has 16 heavy (non-hydrogen) atoms. The van der Waals surface area contributed by atoms with Gasteiger partial charge in [0, 0.05) is 10.8 Å². The Morgan fingerprint density at radius 3 is 1.12 bits per heavy atom. The topological polar surface area (TPSA) is 0 Å². The maximum Gasteiger partial charge on any atom is 0.0800 e. The average Bonchev–Trinajstić information content (AvgIpc) is 2.26. The smallest absolute Gasteiger partial charge is 0.0800 e. The third kappa shape index (κ3) is 1.96. The summed E-state index contributed by atoms with van der Waals surface area (Å²) in [6.07, 6.45) is 0. The number of benzene rings is 2. The minimum atomic E-state index is 0.208. The Hall–Kier alpha value is 0.440. The molecular formula is C10H2Cl6. The molecule has 0 saturated carbocycles. The number of rotatable bonds is 0. The second-order valence-corrected chi connectivity index (χ2v) is 5.39. The fraction of sp³-hybridized carbons (Fsp3) is 0. The van der Waals surface area contributed by atoms with Crippen LogP contribution < -0.4 is 0 Å². The van der Waals surface area contributed by atoms with Crippen LogP contribution in [0.2, 0.25) is 30.1 Å². The van der Waals surface area contributed by atoms with Crippen molar-refractivity contribution in [2.45, 2.75) is 0 Å². The molecular weight excluding hydrogens is 341 g/mol. The fourth-order valence-electron chi connectivity index (χ4n) is 1.34. The van der Waals surface area contributed by atoms with Crippen LogP contribution in [0.1, 0.15) is 0 Å². The highest BCUT2D eigenvalue weighted by Gasteiger charge is 2.16. The molecule has 84 valence electrons. The zero-order valence-electron chi connectivity index (χ0n) is 7.42. The van der Waals surface area contributed by atoms with Gasteiger partial charge in [0.2, 0.25) is 0 Å². The van der Waals surface area contributed by atoms with E-state index >= 15 is 0 Å². The molecule has 0 nitrogen and oxygen atoms in total. The molecule has 0 spiro atoms. The van der Waals surface area contributed by atoms with Gasteiger partial charge in [0.05, 0.1) is 30.1 Å². The summed E-state index contributed by atoms with van der Waals surface area (Å²) in [6, 6.07) is 3.21. The summed E-state index contributed by atoms with van der Waals surface area (Å²) < 4.78 is 0. The second kappa shape index (κ2) is 4.61. The van der Waals surface area contributed by atoms with Gasteiger partial charge in [0.1, 0.15) is 0 Å². The molecule has 0 unspecified atom stereocenters. The molecule has 2 rings (SSSR count). The molecule has 0 aliphatic heterocycles. The summed E-state index contributed by atoms with van der Waals surface area (Å²) >= 11 is 35.7. The first-order chi connectivity index (χ1) is 7.43. The molecule has 2 aromatic carbocycles. The highest BCUT2D eigenvalue weighted by atomic mass is 35.5. The largest absolute Gasteiger partial charge is 0.0827 e. The minimum absolute atomic E-state index is 0.208. The molecule has 0 atom stereocenters. The zero-order chi connectivity index (χ0) is 12.0. The standard InChI is InChI=1S/C10H2Cl6/c11-5-1-3-4(2-6(5)12)8(14)10(16)9(15)7(3)13/h1-2H/i1+1,2+1,3+1,4+1,7+1,8+1,9+1,10+1. The van der Waals surface area contributed by atoms with Crippen molar-refractivity contribution in [3.63, 3.8) is 0 Å². The van der Waals surface area contributed by atoms with E-state index in [2.05, 4.69) is 0 Å². The van der Waals surface area contributed by atoms with Crippen molar-refractivity contribution in [3.05, 3.63) is 42.3 Å². The molecule has 2 aromatic rings. The quantitative estimate of drug-likeness (QED) is 0.366. The average molecular weight is 343 g/mol. The summed E-state index contributed by atoms with van der Waals surface area (Å²) in [6.45, 7) is 0. The lowest BCUT2D eigenvalue weighted by molar-refractivity contribution is 1.73. The van der Waals surface area contributed by atoms with Gasteiger partial charge in [-0.15, -0.1) is 0 Å². The van der Waals surface area contributed by atoms with Crippen molar-refractivity contribution in [1.29, 1.82) is 0 Å². The van der Waals surface area contributed by atoms with Crippen LogP contribution in [-0.2, 0) is 0 Å². The lowest BCUT2D eigenvalue weighted by Gasteiger charge is -2.09. The van der Waals surface area contributed by atoms with Crippen LogP contribution in [0.25, 0.3) is 10.8 Å². The molecule has 0 saturated heterocycles. The Kier molecular flexibility index (Phi) is 3.71. The number of halogens is 6. The van der Waals surface area contributed by atoms with Gasteiger partial charge in [0.25, 0.3) is 0 Å². The molecule has 0 bridgehead atoms. The van der Waals surface area contributed by atoms with Crippen molar-refractivity contribution in [2.75, 3.05) is 0 Å². The van der Waals surface area contributed by atoms with Crippen LogP contribution in [-0.4, -0.2) is 0 Å². The van der Waals surface area contributed by atoms with E-state index in [0.717, 1.165) is 0 Å². The lowest BCUT2D eigenvalue weighted by Crippen LogP contribution is -1.82. The molecule has 0 aromatic heterocycles. The zero-order valence-corrected chi connectivity index (χ0v) is 12.0. The van der Waals surface area contributed by atoms with Gasteiger partial charge < -0.3 is 0 Å². The van der Waals surface area contributed by atoms with Gasteiger partial charge in [-0.25, -0.2) is 0 Å². The maximum atomic E-state index is 6.05. The van der Waals surface area contributed by atoms with E-state index in [1.165, 1.54) is 0 Å². The molecule has 0 radical (unpaired) electrons. The van der Waals surface area contributed by atoms with Crippen molar-refractivity contribution in [2.24, 2.45) is 0 Å². The molecule has 0 heterocycles. The normalized spacial score (nSPS) is 11.1. The Labute approximate surface area is 122 Å². The molecule has 6 heteroatoms. The van der Waals surface area contributed by atoms with E-state index < -0.39 is 0 Å². The summed E-state index contributed by atoms with van der Waals surface area (Å²) in [7, 11) is 0. The van der Waals surface area contributed by atoms with Crippen LogP contribution >= 0.6 is 69.6 Å². The van der Waals surface area contributed by atoms with Gasteiger partial charge in [-0.05, 0) is 12.1 Å². The predicted molar refractivity (Wildman–Crippen MR) is 74.0 cm³/mol. The first kappa shape index (κ1) is 12.9. The van der Waals surface area contributed by atoms with Crippen LogP contribution in [0.15, 0.2) is 12.1 Å². The first-order valence-corrected chi connectivity index (χ1v) is 6.31. The third-order valence-corrected chi connectivity index (χ3v) is 4.66. The van der Waals surface area contributed by atoms with E-state index in [0.29, 0.717) is 30.9 Å². The van der Waals surface area contributed by atoms with Gasteiger partial charge in [-0.1, -0.05) is 69.6 Å². The van der Waals surface area contributed by atoms with Crippen LogP contribution in [0, 0.1) is 0 Å². The Bertz CT molecular complexity index is 537. The molecule has 0 aliphatic rings. The van der Waals surface area contributed by atoms with E-state index in [1.807, 2.05) is 0 Å². The van der Waals surface area contributed by atoms with E-state index in [9.17, 15) is 0 Å². The van der Waals surface area contributed by atoms with Gasteiger partial charge in [0.15, 0.2) is 0 Å². The number of fused-ring (bicyclic) bond motifs is 1. The monoisotopic (exact) mass is 340 g/mol. The van der Waals surface area contributed by atoms with Gasteiger partial charge in [-0.3, -0.25) is 0 Å². The summed E-state index contributed by atoms with van der Waals surface area (Å²) in [4.78, 5) is 0. The Balaban J connectivity index is 3.02. The molecule has 0 fully saturated rings. The minimum Gasteiger partial charge on any atom is -0.0827 e. The Morgan fingerprint density at radius 2 is 0.812 bits per heavy atom. The third-order valence-electron chi connectivity index (χ3n) is 2.11. The van der Waals surface area contributed by atoms with E-state index in [-0.39, 0.29) is 10.0 Å². The molecule has 0 N–H and O–H groups in total. The van der Waals surface area contributed by atoms with Crippen molar-refractivity contribution < 1.29 is 0 Å². The molecule has 0 aliphatic carbocycles. The van der Waals surface area contributed by atoms with Crippen LogP contribution in [0.4, 0.5) is 0 Å². The summed E-state index contributed by atoms with van der Waals surface area (Å²) in [5, 5.41) is 3.04. The van der Waals surface area contributed by atoms with Crippen LogP contribution in [0.3, 0.4) is 0 Å². The first-order valence-electron chi connectivity index (χ1n) is 4.04. The van der Waals surface area contributed by atoms with E-state index in [4.69, 9.17) is 69.6 Å². The summed E-state index contributed by atoms with van der Waals surface area (Å²) in [5.41, 5.74) is 0. The number of hydrogen-bond acceptors (Lipinski definition) is 0. The predicted octanol–water partition coefficient (Wildman–Crippen LogP) is 6.76. The van der Waals surface area contributed by atoms with Crippen LogP contribution in [0.5, 0.6) is 0 Å². The lowest BCUT2D eigenvalue weighted by atomic mass is 10.7.